The number of nitrogens with zero attached hydrogens (tertiary/aromatic N) is 1. The number of primary sulfonamides is 1. The average Bonchev–Trinajstić information content (AvgIpc) is 2.29. The lowest BCUT2D eigenvalue weighted by Gasteiger charge is -2.23. The summed E-state index contributed by atoms with van der Waals surface area (Å²) in [6.07, 6.45) is 0.129. The standard InChI is InChI=1S/C14H18Br2N2O2S/c1-7(2)10-9(5-6-17)12(15)11(8(3)4)13(16)14(10)21(18,19)20/h7-8H,5H2,1-4H3,(H2,18,19,20). The van der Waals surface area contributed by atoms with Gasteiger partial charge in [-0.15, -0.1) is 0 Å². The first-order chi connectivity index (χ1) is 9.53. The molecule has 0 saturated heterocycles. The number of benzene rings is 1. The van der Waals surface area contributed by atoms with Gasteiger partial charge in [0.05, 0.1) is 12.5 Å². The summed E-state index contributed by atoms with van der Waals surface area (Å²) in [5.74, 6) is 0.00314. The maximum absolute atomic E-state index is 12.1. The molecule has 0 bridgehead atoms. The second kappa shape index (κ2) is 6.78. The molecule has 2 N–H and O–H groups in total. The van der Waals surface area contributed by atoms with E-state index in [0.29, 0.717) is 15.6 Å². The molecule has 0 aromatic heterocycles. The number of rotatable bonds is 4. The van der Waals surface area contributed by atoms with Gasteiger partial charge in [-0.1, -0.05) is 43.6 Å². The second-order valence-electron chi connectivity index (χ2n) is 5.45. The van der Waals surface area contributed by atoms with Crippen LogP contribution in [0.4, 0.5) is 0 Å². The molecule has 0 aliphatic rings. The first kappa shape index (κ1) is 18.6. The molecule has 0 aliphatic heterocycles. The highest BCUT2D eigenvalue weighted by Gasteiger charge is 2.29. The molecule has 7 heteroatoms. The van der Waals surface area contributed by atoms with Gasteiger partial charge in [0, 0.05) is 8.95 Å². The van der Waals surface area contributed by atoms with E-state index in [1.54, 1.807) is 0 Å². The van der Waals surface area contributed by atoms with Gasteiger partial charge in [0.15, 0.2) is 0 Å². The Bertz CT molecular complexity index is 705. The maximum Gasteiger partial charge on any atom is 0.239 e. The van der Waals surface area contributed by atoms with Crippen molar-refractivity contribution < 1.29 is 8.42 Å². The highest BCUT2D eigenvalue weighted by molar-refractivity contribution is 9.11. The van der Waals surface area contributed by atoms with Gasteiger partial charge in [-0.2, -0.15) is 5.26 Å². The minimum absolute atomic E-state index is 0.0736. The fraction of sp³-hybridized carbons (Fsp3) is 0.500. The number of nitrogens with two attached hydrogens (primary N) is 1. The van der Waals surface area contributed by atoms with E-state index < -0.39 is 10.0 Å². The summed E-state index contributed by atoms with van der Waals surface area (Å²) in [6, 6.07) is 2.10. The zero-order chi connectivity index (χ0) is 16.5. The molecule has 0 radical (unpaired) electrons. The molecule has 21 heavy (non-hydrogen) atoms. The van der Waals surface area contributed by atoms with E-state index in [-0.39, 0.29) is 23.2 Å². The molecular weight excluding hydrogens is 420 g/mol. The molecular formula is C14H18Br2N2O2S. The van der Waals surface area contributed by atoms with E-state index >= 15 is 0 Å². The highest BCUT2D eigenvalue weighted by atomic mass is 79.9. The fourth-order valence-electron chi connectivity index (χ4n) is 2.40. The third-order valence-corrected chi connectivity index (χ3v) is 6.19. The molecule has 0 spiro atoms. The first-order valence-corrected chi connectivity index (χ1v) is 9.60. The van der Waals surface area contributed by atoms with Crippen LogP contribution >= 0.6 is 31.9 Å². The third-order valence-electron chi connectivity index (χ3n) is 3.20. The van der Waals surface area contributed by atoms with Gasteiger partial charge in [-0.3, -0.25) is 0 Å². The molecule has 0 amide bonds. The van der Waals surface area contributed by atoms with Gasteiger partial charge in [0.2, 0.25) is 10.0 Å². The summed E-state index contributed by atoms with van der Waals surface area (Å²) < 4.78 is 25.4. The summed E-state index contributed by atoms with van der Waals surface area (Å²) in [5, 5.41) is 14.5. The number of hydrogen-bond donors (Lipinski definition) is 1. The zero-order valence-corrected chi connectivity index (χ0v) is 16.4. The Hall–Kier alpha value is -0.420. The Morgan fingerprint density at radius 2 is 1.57 bits per heavy atom. The molecule has 1 aromatic rings. The molecule has 0 atom stereocenters. The minimum Gasteiger partial charge on any atom is -0.225 e. The molecule has 0 fully saturated rings. The van der Waals surface area contributed by atoms with E-state index in [9.17, 15) is 8.42 Å². The third kappa shape index (κ3) is 3.67. The van der Waals surface area contributed by atoms with Crippen LogP contribution in [0.1, 0.15) is 56.2 Å². The van der Waals surface area contributed by atoms with Crippen LogP contribution < -0.4 is 5.14 Å². The van der Waals surface area contributed by atoms with Crippen LogP contribution in [0.2, 0.25) is 0 Å². The molecule has 1 aromatic carbocycles. The van der Waals surface area contributed by atoms with Gasteiger partial charge in [0.1, 0.15) is 4.90 Å². The Labute approximate surface area is 143 Å². The van der Waals surface area contributed by atoms with Gasteiger partial charge < -0.3 is 0 Å². The van der Waals surface area contributed by atoms with Crippen LogP contribution in [0.3, 0.4) is 0 Å². The largest absolute Gasteiger partial charge is 0.239 e. The summed E-state index contributed by atoms with van der Waals surface area (Å²) >= 11 is 6.94. The lowest BCUT2D eigenvalue weighted by atomic mass is 9.90. The predicted octanol–water partition coefficient (Wildman–Crippen LogP) is 4.17. The van der Waals surface area contributed by atoms with E-state index in [4.69, 9.17) is 10.4 Å². The van der Waals surface area contributed by atoms with Gasteiger partial charge in [-0.25, -0.2) is 13.6 Å². The van der Waals surface area contributed by atoms with Crippen molar-refractivity contribution in [1.82, 2.24) is 0 Å². The van der Waals surface area contributed by atoms with Crippen molar-refractivity contribution in [3.63, 3.8) is 0 Å². The van der Waals surface area contributed by atoms with Crippen LogP contribution in [0.15, 0.2) is 13.8 Å². The van der Waals surface area contributed by atoms with Gasteiger partial charge in [-0.05, 0) is 44.5 Å². The molecule has 0 heterocycles. The summed E-state index contributed by atoms with van der Waals surface area (Å²) in [5.41, 5.74) is 2.11. The number of hydrogen-bond acceptors (Lipinski definition) is 3. The second-order valence-corrected chi connectivity index (χ2v) is 8.54. The fourth-order valence-corrected chi connectivity index (χ4v) is 6.25. The van der Waals surface area contributed by atoms with Crippen molar-refractivity contribution in [3.05, 3.63) is 25.6 Å². The first-order valence-electron chi connectivity index (χ1n) is 6.47. The topological polar surface area (TPSA) is 83.9 Å². The summed E-state index contributed by atoms with van der Waals surface area (Å²) in [7, 11) is -3.90. The minimum atomic E-state index is -3.90. The van der Waals surface area contributed by atoms with Crippen molar-refractivity contribution >= 4 is 41.9 Å². The van der Waals surface area contributed by atoms with Crippen molar-refractivity contribution in [3.8, 4) is 6.07 Å². The van der Waals surface area contributed by atoms with Gasteiger partial charge in [0.25, 0.3) is 0 Å². The Balaban J connectivity index is 4.07. The number of sulfonamides is 1. The normalized spacial score (nSPS) is 12.0. The highest BCUT2D eigenvalue weighted by Crippen LogP contribution is 2.43. The Morgan fingerprint density at radius 3 is 1.90 bits per heavy atom. The molecule has 0 unspecified atom stereocenters. The summed E-state index contributed by atoms with van der Waals surface area (Å²) in [6.45, 7) is 7.70. The van der Waals surface area contributed by atoms with Gasteiger partial charge >= 0.3 is 0 Å². The maximum atomic E-state index is 12.1. The van der Waals surface area contributed by atoms with Crippen LogP contribution in [0.25, 0.3) is 0 Å². The lowest BCUT2D eigenvalue weighted by Crippen LogP contribution is -2.19. The van der Waals surface area contributed by atoms with Crippen molar-refractivity contribution in [2.24, 2.45) is 5.14 Å². The Kier molecular flexibility index (Phi) is 6.01. The quantitative estimate of drug-likeness (QED) is 0.766. The average molecular weight is 438 g/mol. The molecule has 0 saturated carbocycles. The molecule has 116 valence electrons. The SMILES string of the molecule is CC(C)c1c(Br)c(CC#N)c(C(C)C)c(S(N)(=O)=O)c1Br. The van der Waals surface area contributed by atoms with E-state index in [1.165, 1.54) is 0 Å². The summed E-state index contributed by atoms with van der Waals surface area (Å²) in [4.78, 5) is 0.0923. The zero-order valence-electron chi connectivity index (χ0n) is 12.4. The van der Waals surface area contributed by atoms with E-state index in [2.05, 4.69) is 37.9 Å². The number of nitriles is 1. The smallest absolute Gasteiger partial charge is 0.225 e. The molecule has 4 nitrogen and oxygen atoms in total. The van der Waals surface area contributed by atoms with E-state index in [0.717, 1.165) is 10.0 Å². The van der Waals surface area contributed by atoms with Crippen molar-refractivity contribution in [1.29, 1.82) is 5.26 Å². The van der Waals surface area contributed by atoms with E-state index in [1.807, 2.05) is 27.7 Å². The molecule has 1 rings (SSSR count). The number of halogens is 2. The van der Waals surface area contributed by atoms with Crippen molar-refractivity contribution in [2.45, 2.75) is 50.8 Å². The van der Waals surface area contributed by atoms with Crippen LogP contribution in [0, 0.1) is 11.3 Å². The van der Waals surface area contributed by atoms with Crippen LogP contribution in [0.5, 0.6) is 0 Å². The Morgan fingerprint density at radius 1 is 1.10 bits per heavy atom. The monoisotopic (exact) mass is 436 g/mol. The van der Waals surface area contributed by atoms with Crippen LogP contribution in [-0.4, -0.2) is 8.42 Å². The molecule has 0 aliphatic carbocycles. The van der Waals surface area contributed by atoms with Crippen LogP contribution in [-0.2, 0) is 16.4 Å². The lowest BCUT2D eigenvalue weighted by molar-refractivity contribution is 0.594. The van der Waals surface area contributed by atoms with Crippen molar-refractivity contribution in [2.75, 3.05) is 0 Å². The predicted molar refractivity (Wildman–Crippen MR) is 90.7 cm³/mol.